The lowest BCUT2D eigenvalue weighted by molar-refractivity contribution is -0.388. The first-order valence-electron chi connectivity index (χ1n) is 4.43. The summed E-state index contributed by atoms with van der Waals surface area (Å²) >= 11 is 0. The molecule has 0 bridgehead atoms. The number of benzene rings is 1. The van der Waals surface area contributed by atoms with E-state index in [2.05, 4.69) is 0 Å². The molecule has 15 heavy (non-hydrogen) atoms. The highest BCUT2D eigenvalue weighted by Gasteiger charge is 2.34. The summed E-state index contributed by atoms with van der Waals surface area (Å²) in [7, 11) is 0. The number of hydrogen-bond donors (Lipinski definition) is 1. The summed E-state index contributed by atoms with van der Waals surface area (Å²) in [5, 5.41) is 10.6. The maximum absolute atomic E-state index is 13.3. The van der Waals surface area contributed by atoms with Crippen LogP contribution in [0.25, 0.3) is 0 Å². The summed E-state index contributed by atoms with van der Waals surface area (Å²) in [5.41, 5.74) is 5.09. The van der Waals surface area contributed by atoms with Gasteiger partial charge in [0.15, 0.2) is 0 Å². The molecule has 0 saturated heterocycles. The Bertz CT molecular complexity index is 448. The lowest BCUT2D eigenvalue weighted by Crippen LogP contribution is -2.10. The van der Waals surface area contributed by atoms with E-state index in [-0.39, 0.29) is 11.1 Å². The molecule has 1 aromatic rings. The van der Waals surface area contributed by atoms with Crippen molar-refractivity contribution in [3.05, 3.63) is 38.9 Å². The molecule has 4 nitrogen and oxygen atoms in total. The van der Waals surface area contributed by atoms with Crippen LogP contribution in [-0.2, 0) is 6.42 Å². The second kappa shape index (κ2) is 3.23. The summed E-state index contributed by atoms with van der Waals surface area (Å²) in [5.74, 6) is -1.91. The highest BCUT2D eigenvalue weighted by molar-refractivity contribution is 5.51. The quantitative estimate of drug-likeness (QED) is 0.572. The molecule has 0 aromatic heterocycles. The molecule has 0 heterocycles. The molecular weight excluding hydrogens is 206 g/mol. The zero-order valence-corrected chi connectivity index (χ0v) is 7.67. The van der Waals surface area contributed by atoms with Crippen molar-refractivity contribution in [2.24, 2.45) is 5.73 Å². The fourth-order valence-electron chi connectivity index (χ4n) is 1.95. The molecule has 2 N–H and O–H groups in total. The van der Waals surface area contributed by atoms with Crippen molar-refractivity contribution in [3.63, 3.8) is 0 Å². The van der Waals surface area contributed by atoms with E-state index in [0.29, 0.717) is 18.9 Å². The number of hydrogen-bond acceptors (Lipinski definition) is 3. The molecule has 6 heteroatoms. The van der Waals surface area contributed by atoms with Gasteiger partial charge < -0.3 is 5.73 Å². The van der Waals surface area contributed by atoms with Crippen LogP contribution < -0.4 is 5.73 Å². The van der Waals surface area contributed by atoms with E-state index < -0.39 is 28.3 Å². The summed E-state index contributed by atoms with van der Waals surface area (Å²) in [4.78, 5) is 9.78. The van der Waals surface area contributed by atoms with Gasteiger partial charge in [-0.2, -0.15) is 4.39 Å². The molecule has 0 radical (unpaired) electrons. The Morgan fingerprint density at radius 2 is 2.13 bits per heavy atom. The van der Waals surface area contributed by atoms with Gasteiger partial charge in [-0.3, -0.25) is 10.1 Å². The Hall–Kier alpha value is -1.56. The Morgan fingerprint density at radius 3 is 2.73 bits per heavy atom. The number of halogens is 2. The van der Waals surface area contributed by atoms with Gasteiger partial charge in [-0.25, -0.2) is 4.39 Å². The normalized spacial score (nSPS) is 19.0. The minimum absolute atomic E-state index is 0.0116. The third-order valence-corrected chi connectivity index (χ3v) is 2.61. The highest BCUT2D eigenvalue weighted by Crippen LogP contribution is 2.39. The third kappa shape index (κ3) is 1.37. The van der Waals surface area contributed by atoms with Crippen LogP contribution >= 0.6 is 0 Å². The molecule has 1 aromatic carbocycles. The molecule has 0 fully saturated rings. The third-order valence-electron chi connectivity index (χ3n) is 2.61. The maximum atomic E-state index is 13.3. The second-order valence-electron chi connectivity index (χ2n) is 3.48. The zero-order valence-electron chi connectivity index (χ0n) is 7.67. The van der Waals surface area contributed by atoms with Crippen LogP contribution in [0.1, 0.15) is 23.6 Å². The maximum Gasteiger partial charge on any atom is 0.310 e. The summed E-state index contributed by atoms with van der Waals surface area (Å²) < 4.78 is 26.4. The van der Waals surface area contributed by atoms with E-state index in [9.17, 15) is 18.9 Å². The van der Waals surface area contributed by atoms with E-state index >= 15 is 0 Å². The largest absolute Gasteiger partial charge is 0.324 e. The average molecular weight is 214 g/mol. The van der Waals surface area contributed by atoms with Crippen LogP contribution in [-0.4, -0.2) is 4.92 Å². The zero-order chi connectivity index (χ0) is 11.2. The van der Waals surface area contributed by atoms with Crippen LogP contribution in [0.5, 0.6) is 0 Å². The summed E-state index contributed by atoms with van der Waals surface area (Å²) in [6.45, 7) is 0. The molecule has 1 atom stereocenters. The molecule has 1 aliphatic rings. The van der Waals surface area contributed by atoms with Crippen molar-refractivity contribution in [1.82, 2.24) is 0 Å². The first-order valence-corrected chi connectivity index (χ1v) is 4.43. The molecule has 0 saturated carbocycles. The van der Waals surface area contributed by atoms with Crippen LogP contribution in [0.2, 0.25) is 0 Å². The van der Waals surface area contributed by atoms with Gasteiger partial charge in [0, 0.05) is 12.1 Å². The van der Waals surface area contributed by atoms with Gasteiger partial charge in [0.05, 0.1) is 10.5 Å². The number of nitrogens with zero attached hydrogens (tertiary/aromatic N) is 1. The topological polar surface area (TPSA) is 69.2 Å². The highest BCUT2D eigenvalue weighted by atomic mass is 19.1. The fourth-order valence-corrected chi connectivity index (χ4v) is 1.95. The minimum Gasteiger partial charge on any atom is -0.324 e. The number of rotatable bonds is 1. The minimum atomic E-state index is -1.16. The van der Waals surface area contributed by atoms with Crippen molar-refractivity contribution in [3.8, 4) is 0 Å². The molecule has 1 aliphatic carbocycles. The van der Waals surface area contributed by atoms with Gasteiger partial charge in [-0.1, -0.05) is 0 Å². The van der Waals surface area contributed by atoms with Crippen molar-refractivity contribution in [1.29, 1.82) is 0 Å². The molecule has 1 unspecified atom stereocenters. The molecule has 0 amide bonds. The Balaban J connectivity index is 2.75. The van der Waals surface area contributed by atoms with Gasteiger partial charge in [0.2, 0.25) is 5.82 Å². The summed E-state index contributed by atoms with van der Waals surface area (Å²) in [6, 6.07) is -0.0970. The van der Waals surface area contributed by atoms with Gasteiger partial charge >= 0.3 is 5.69 Å². The smallest absolute Gasteiger partial charge is 0.310 e. The Kier molecular flexibility index (Phi) is 2.15. The Morgan fingerprint density at radius 1 is 1.47 bits per heavy atom. The van der Waals surface area contributed by atoms with Crippen LogP contribution in [0.3, 0.4) is 0 Å². The molecule has 0 spiro atoms. The molecule has 2 rings (SSSR count). The first-order chi connectivity index (χ1) is 7.02. The molecular formula is C9H8F2N2O2. The van der Waals surface area contributed by atoms with E-state index in [4.69, 9.17) is 5.73 Å². The van der Waals surface area contributed by atoms with Crippen LogP contribution in [0, 0.1) is 21.7 Å². The second-order valence-corrected chi connectivity index (χ2v) is 3.48. The molecule has 80 valence electrons. The van der Waals surface area contributed by atoms with Gasteiger partial charge in [0.1, 0.15) is 5.82 Å². The fraction of sp³-hybridized carbons (Fsp3) is 0.333. The van der Waals surface area contributed by atoms with Crippen molar-refractivity contribution >= 4 is 5.69 Å². The first kappa shape index (κ1) is 9.97. The average Bonchev–Trinajstić information content (AvgIpc) is 2.48. The van der Waals surface area contributed by atoms with Crippen LogP contribution in [0.15, 0.2) is 6.07 Å². The van der Waals surface area contributed by atoms with Crippen LogP contribution in [0.4, 0.5) is 14.5 Å². The van der Waals surface area contributed by atoms with E-state index in [0.717, 1.165) is 0 Å². The van der Waals surface area contributed by atoms with E-state index in [1.54, 1.807) is 0 Å². The Labute approximate surface area is 83.8 Å². The van der Waals surface area contributed by atoms with Crippen molar-refractivity contribution < 1.29 is 13.7 Å². The monoisotopic (exact) mass is 214 g/mol. The lowest BCUT2D eigenvalue weighted by atomic mass is 10.1. The predicted octanol–water partition coefficient (Wildman–Crippen LogP) is 1.82. The van der Waals surface area contributed by atoms with E-state index in [1.165, 1.54) is 0 Å². The number of nitro benzene ring substituents is 1. The van der Waals surface area contributed by atoms with Crippen molar-refractivity contribution in [2.75, 3.05) is 0 Å². The van der Waals surface area contributed by atoms with Gasteiger partial charge in [-0.05, 0) is 18.4 Å². The standard InChI is InChI=1S/C9H8F2N2O2/c10-5-3-6(11)9(13(14)15)8-4(5)1-2-7(8)12/h3,7H,1-2,12H2. The number of nitro groups is 1. The lowest BCUT2D eigenvalue weighted by Gasteiger charge is -2.06. The number of nitrogens with two attached hydrogens (primary N) is 1. The predicted molar refractivity (Wildman–Crippen MR) is 48.3 cm³/mol. The van der Waals surface area contributed by atoms with Gasteiger partial charge in [-0.15, -0.1) is 0 Å². The van der Waals surface area contributed by atoms with Gasteiger partial charge in [0.25, 0.3) is 0 Å². The SMILES string of the molecule is NC1CCc2c(F)cc(F)c([N+](=O)[O-])c21. The molecule has 0 aliphatic heterocycles. The number of fused-ring (bicyclic) bond motifs is 1. The van der Waals surface area contributed by atoms with Crippen molar-refractivity contribution in [2.45, 2.75) is 18.9 Å². The van der Waals surface area contributed by atoms with E-state index in [1.807, 2.05) is 0 Å². The summed E-state index contributed by atoms with van der Waals surface area (Å²) in [6.07, 6.45) is 0.736.